The molecule has 0 radical (unpaired) electrons. The first-order chi connectivity index (χ1) is 6.48. The second-order valence-electron chi connectivity index (χ2n) is 3.77. The van der Waals surface area contributed by atoms with Crippen LogP contribution in [0.5, 0.6) is 0 Å². The van der Waals surface area contributed by atoms with Gasteiger partial charge < -0.3 is 5.11 Å². The molecule has 0 bridgehead atoms. The summed E-state index contributed by atoms with van der Waals surface area (Å²) in [5.41, 5.74) is 0.736. The molecule has 0 saturated carbocycles. The van der Waals surface area contributed by atoms with Crippen molar-refractivity contribution < 1.29 is 5.11 Å². The number of fused-ring (bicyclic) bond motifs is 1. The lowest BCUT2D eigenvalue weighted by Crippen LogP contribution is -2.16. The molecule has 4 heteroatoms. The van der Waals surface area contributed by atoms with Gasteiger partial charge in [-0.05, 0) is 48.0 Å². The molecule has 2 heterocycles. The second-order valence-corrected chi connectivity index (χ2v) is 4.63. The largest absolute Gasteiger partial charge is 0.384 e. The van der Waals surface area contributed by atoms with Gasteiger partial charge in [-0.3, -0.25) is 0 Å². The molecule has 2 aromatic heterocycles. The number of rotatable bonds is 1. The molecule has 0 amide bonds. The lowest BCUT2D eigenvalue weighted by Gasteiger charge is -2.12. The van der Waals surface area contributed by atoms with E-state index < -0.39 is 5.60 Å². The molecular weight excluding hydrogens is 244 g/mol. The van der Waals surface area contributed by atoms with Gasteiger partial charge in [0.25, 0.3) is 0 Å². The van der Waals surface area contributed by atoms with E-state index in [1.54, 1.807) is 18.4 Å². The van der Waals surface area contributed by atoms with E-state index in [4.69, 9.17) is 0 Å². The van der Waals surface area contributed by atoms with Crippen molar-refractivity contribution in [2.24, 2.45) is 0 Å². The highest BCUT2D eigenvalue weighted by molar-refractivity contribution is 9.10. The number of nitrogens with zero attached hydrogens (tertiary/aromatic N) is 2. The Hall–Kier alpha value is -0.870. The van der Waals surface area contributed by atoms with Crippen LogP contribution in [0.15, 0.2) is 28.9 Å². The standard InChI is InChI=1S/C10H11BrN2O/c1-10(2,14)9-6-8-7(11)4-3-5-13(8)12-9/h3-6,14H,1-2H3. The van der Waals surface area contributed by atoms with Gasteiger partial charge in [0.15, 0.2) is 0 Å². The van der Waals surface area contributed by atoms with Crippen LogP contribution in [-0.2, 0) is 5.60 Å². The van der Waals surface area contributed by atoms with E-state index in [0.29, 0.717) is 5.69 Å². The van der Waals surface area contributed by atoms with Gasteiger partial charge in [0.05, 0.1) is 11.2 Å². The number of pyridine rings is 1. The molecular formula is C10H11BrN2O. The quantitative estimate of drug-likeness (QED) is 0.849. The van der Waals surface area contributed by atoms with Crippen LogP contribution in [0, 0.1) is 0 Å². The molecule has 0 atom stereocenters. The second kappa shape index (κ2) is 3.07. The lowest BCUT2D eigenvalue weighted by atomic mass is 10.1. The van der Waals surface area contributed by atoms with E-state index in [1.165, 1.54) is 0 Å². The Labute approximate surface area is 90.5 Å². The van der Waals surface area contributed by atoms with E-state index in [2.05, 4.69) is 21.0 Å². The van der Waals surface area contributed by atoms with Crippen LogP contribution in [0.1, 0.15) is 19.5 Å². The summed E-state index contributed by atoms with van der Waals surface area (Å²) < 4.78 is 2.72. The number of halogens is 1. The summed E-state index contributed by atoms with van der Waals surface area (Å²) in [5, 5.41) is 14.1. The maximum Gasteiger partial charge on any atom is 0.103 e. The Bertz CT molecular complexity index is 470. The van der Waals surface area contributed by atoms with E-state index in [0.717, 1.165) is 9.99 Å². The summed E-state index contributed by atoms with van der Waals surface area (Å²) in [6, 6.07) is 5.73. The number of hydrogen-bond acceptors (Lipinski definition) is 2. The van der Waals surface area contributed by atoms with Crippen molar-refractivity contribution in [3.63, 3.8) is 0 Å². The predicted molar refractivity (Wildman–Crippen MR) is 58.1 cm³/mol. The minimum atomic E-state index is -0.897. The molecule has 0 saturated heterocycles. The summed E-state index contributed by atoms with van der Waals surface area (Å²) in [4.78, 5) is 0. The molecule has 0 spiro atoms. The average Bonchev–Trinajstić information content (AvgIpc) is 2.48. The predicted octanol–water partition coefficient (Wildman–Crippen LogP) is 2.32. The van der Waals surface area contributed by atoms with Gasteiger partial charge in [-0.15, -0.1) is 0 Å². The summed E-state index contributed by atoms with van der Waals surface area (Å²) in [6.45, 7) is 3.45. The van der Waals surface area contributed by atoms with Gasteiger partial charge in [0, 0.05) is 10.7 Å². The highest BCUT2D eigenvalue weighted by Gasteiger charge is 2.20. The van der Waals surface area contributed by atoms with Crippen LogP contribution < -0.4 is 0 Å². The molecule has 14 heavy (non-hydrogen) atoms. The monoisotopic (exact) mass is 254 g/mol. The zero-order valence-corrected chi connectivity index (χ0v) is 9.62. The third kappa shape index (κ3) is 1.55. The summed E-state index contributed by atoms with van der Waals surface area (Å²) in [6.07, 6.45) is 1.86. The van der Waals surface area contributed by atoms with Gasteiger partial charge in [0.1, 0.15) is 5.60 Å². The topological polar surface area (TPSA) is 37.5 Å². The van der Waals surface area contributed by atoms with Crippen molar-refractivity contribution in [1.82, 2.24) is 9.61 Å². The van der Waals surface area contributed by atoms with E-state index in [-0.39, 0.29) is 0 Å². The number of hydrogen-bond donors (Lipinski definition) is 1. The smallest absolute Gasteiger partial charge is 0.103 e. The van der Waals surface area contributed by atoms with Crippen LogP contribution >= 0.6 is 15.9 Å². The summed E-state index contributed by atoms with van der Waals surface area (Å²) in [7, 11) is 0. The minimum Gasteiger partial charge on any atom is -0.384 e. The van der Waals surface area contributed by atoms with E-state index in [1.807, 2.05) is 24.4 Å². The SMILES string of the molecule is CC(C)(O)c1cc2c(Br)cccn2n1. The lowest BCUT2D eigenvalue weighted by molar-refractivity contribution is 0.0735. The normalized spacial score (nSPS) is 12.3. The molecule has 0 aromatic carbocycles. The van der Waals surface area contributed by atoms with Gasteiger partial charge in [-0.25, -0.2) is 4.52 Å². The first kappa shape index (κ1) is 9.68. The molecule has 74 valence electrons. The van der Waals surface area contributed by atoms with Gasteiger partial charge in [-0.1, -0.05) is 0 Å². The highest BCUT2D eigenvalue weighted by atomic mass is 79.9. The Morgan fingerprint density at radius 1 is 1.50 bits per heavy atom. The fourth-order valence-electron chi connectivity index (χ4n) is 1.28. The van der Waals surface area contributed by atoms with Crippen LogP contribution in [0.4, 0.5) is 0 Å². The van der Waals surface area contributed by atoms with Crippen LogP contribution in [-0.4, -0.2) is 14.7 Å². The molecule has 0 aliphatic rings. The first-order valence-corrected chi connectivity index (χ1v) is 5.14. The maximum atomic E-state index is 9.79. The molecule has 0 unspecified atom stereocenters. The molecule has 3 nitrogen and oxygen atoms in total. The van der Waals surface area contributed by atoms with Crippen LogP contribution in [0.25, 0.3) is 5.52 Å². The third-order valence-electron chi connectivity index (χ3n) is 2.08. The van der Waals surface area contributed by atoms with Crippen LogP contribution in [0.2, 0.25) is 0 Å². The van der Waals surface area contributed by atoms with Gasteiger partial charge >= 0.3 is 0 Å². The van der Waals surface area contributed by atoms with Crippen molar-refractivity contribution in [2.75, 3.05) is 0 Å². The van der Waals surface area contributed by atoms with Crippen LogP contribution in [0.3, 0.4) is 0 Å². The fraction of sp³-hybridized carbons (Fsp3) is 0.300. The summed E-state index contributed by atoms with van der Waals surface area (Å²) >= 11 is 3.43. The van der Waals surface area contributed by atoms with Gasteiger partial charge in [-0.2, -0.15) is 5.10 Å². The molecule has 0 aliphatic heterocycles. The van der Waals surface area contributed by atoms with E-state index >= 15 is 0 Å². The first-order valence-electron chi connectivity index (χ1n) is 4.35. The zero-order chi connectivity index (χ0) is 10.3. The molecule has 2 aromatic rings. The van der Waals surface area contributed by atoms with Crippen molar-refractivity contribution in [3.8, 4) is 0 Å². The maximum absolute atomic E-state index is 9.79. The molecule has 0 fully saturated rings. The van der Waals surface area contributed by atoms with E-state index in [9.17, 15) is 5.11 Å². The van der Waals surface area contributed by atoms with Crippen molar-refractivity contribution in [3.05, 3.63) is 34.6 Å². The Balaban J connectivity index is 2.69. The molecule has 1 N–H and O–H groups in total. The fourth-order valence-corrected chi connectivity index (χ4v) is 1.73. The Morgan fingerprint density at radius 2 is 2.21 bits per heavy atom. The highest BCUT2D eigenvalue weighted by Crippen LogP contribution is 2.23. The Morgan fingerprint density at radius 3 is 2.79 bits per heavy atom. The molecule has 2 rings (SSSR count). The number of aliphatic hydroxyl groups is 1. The zero-order valence-electron chi connectivity index (χ0n) is 8.03. The van der Waals surface area contributed by atoms with Crippen molar-refractivity contribution in [2.45, 2.75) is 19.4 Å². The average molecular weight is 255 g/mol. The summed E-state index contributed by atoms with van der Waals surface area (Å²) in [5.74, 6) is 0. The third-order valence-corrected chi connectivity index (χ3v) is 2.75. The van der Waals surface area contributed by atoms with Crippen molar-refractivity contribution >= 4 is 21.4 Å². The molecule has 0 aliphatic carbocycles. The van der Waals surface area contributed by atoms with Crippen molar-refractivity contribution in [1.29, 1.82) is 0 Å². The minimum absolute atomic E-state index is 0.671. The Kier molecular flexibility index (Phi) is 2.12. The van der Waals surface area contributed by atoms with Gasteiger partial charge in [0.2, 0.25) is 0 Å². The number of aromatic nitrogens is 2.